The van der Waals surface area contributed by atoms with Crippen molar-refractivity contribution in [2.75, 3.05) is 23.8 Å². The highest BCUT2D eigenvalue weighted by Crippen LogP contribution is 2.22. The zero-order valence-electron chi connectivity index (χ0n) is 17.8. The van der Waals surface area contributed by atoms with Crippen molar-refractivity contribution in [1.29, 1.82) is 0 Å². The lowest BCUT2D eigenvalue weighted by Crippen LogP contribution is -2.42. The Morgan fingerprint density at radius 3 is 2.53 bits per heavy atom. The maximum Gasteiger partial charge on any atom is 0.330 e. The standard InChI is InChI=1S/C22H30N4O4/c1-5-7-12-25(21(28)16-8-10-17(11-9-16)30-13-6-2)18-19(23)26(14-15(3)4)22(29)24-20(18)27/h6,8-11,15H,2,5,7,12-14,23H2,1,3-4H3,(H,24,27,29). The van der Waals surface area contributed by atoms with Crippen molar-refractivity contribution in [3.05, 3.63) is 63.3 Å². The largest absolute Gasteiger partial charge is 0.490 e. The van der Waals surface area contributed by atoms with Gasteiger partial charge in [-0.2, -0.15) is 0 Å². The fraction of sp³-hybridized carbons (Fsp3) is 0.409. The van der Waals surface area contributed by atoms with Gasteiger partial charge in [-0.05, 0) is 36.6 Å². The molecular weight excluding hydrogens is 384 g/mol. The predicted octanol–water partition coefficient (Wildman–Crippen LogP) is 2.79. The topological polar surface area (TPSA) is 110 Å². The molecule has 162 valence electrons. The third kappa shape index (κ3) is 5.40. The molecule has 0 aliphatic rings. The van der Waals surface area contributed by atoms with Gasteiger partial charge in [0.25, 0.3) is 11.5 Å². The molecule has 0 spiro atoms. The number of unbranched alkanes of at least 4 members (excludes halogenated alkanes) is 1. The van der Waals surface area contributed by atoms with Crippen LogP contribution in [0.4, 0.5) is 11.5 Å². The van der Waals surface area contributed by atoms with Crippen LogP contribution in [0.1, 0.15) is 44.0 Å². The molecule has 1 aromatic carbocycles. The van der Waals surface area contributed by atoms with Crippen molar-refractivity contribution in [2.24, 2.45) is 5.92 Å². The number of H-pyrrole nitrogens is 1. The number of aromatic nitrogens is 2. The van der Waals surface area contributed by atoms with Crippen LogP contribution < -0.4 is 26.6 Å². The minimum absolute atomic E-state index is 0.000633. The van der Waals surface area contributed by atoms with Crippen LogP contribution >= 0.6 is 0 Å². The Bertz CT molecular complexity index is 990. The molecule has 3 N–H and O–H groups in total. The minimum atomic E-state index is -0.673. The van der Waals surface area contributed by atoms with E-state index in [2.05, 4.69) is 11.6 Å². The zero-order chi connectivity index (χ0) is 22.3. The van der Waals surface area contributed by atoms with Gasteiger partial charge >= 0.3 is 5.69 Å². The Hall–Kier alpha value is -3.29. The van der Waals surface area contributed by atoms with Gasteiger partial charge in [0.1, 0.15) is 18.2 Å². The summed E-state index contributed by atoms with van der Waals surface area (Å²) in [6, 6.07) is 6.63. The normalized spacial score (nSPS) is 10.8. The number of nitrogens with one attached hydrogen (secondary N) is 1. The molecule has 8 nitrogen and oxygen atoms in total. The summed E-state index contributed by atoms with van der Waals surface area (Å²) in [5.41, 5.74) is 5.35. The minimum Gasteiger partial charge on any atom is -0.490 e. The number of hydrogen-bond donors (Lipinski definition) is 2. The molecule has 1 aromatic heterocycles. The molecule has 1 amide bonds. The number of nitrogens with zero attached hydrogens (tertiary/aromatic N) is 2. The molecule has 0 atom stereocenters. The maximum atomic E-state index is 13.3. The molecule has 8 heteroatoms. The van der Waals surface area contributed by atoms with Gasteiger partial charge in [0.2, 0.25) is 0 Å². The molecule has 0 aliphatic heterocycles. The van der Waals surface area contributed by atoms with Crippen LogP contribution in [-0.4, -0.2) is 28.6 Å². The van der Waals surface area contributed by atoms with Gasteiger partial charge in [-0.1, -0.05) is 39.8 Å². The molecule has 2 rings (SSSR count). The van der Waals surface area contributed by atoms with E-state index in [1.54, 1.807) is 30.3 Å². The molecule has 2 aromatic rings. The number of hydrogen-bond acceptors (Lipinski definition) is 5. The molecule has 0 unspecified atom stereocenters. The van der Waals surface area contributed by atoms with Crippen molar-refractivity contribution >= 4 is 17.4 Å². The summed E-state index contributed by atoms with van der Waals surface area (Å²) in [5.74, 6) is 0.361. The summed E-state index contributed by atoms with van der Waals surface area (Å²) >= 11 is 0. The first-order chi connectivity index (χ1) is 14.3. The van der Waals surface area contributed by atoms with Gasteiger partial charge in [-0.25, -0.2) is 4.79 Å². The van der Waals surface area contributed by atoms with Gasteiger partial charge < -0.3 is 15.4 Å². The van der Waals surface area contributed by atoms with Crippen molar-refractivity contribution in [3.8, 4) is 5.75 Å². The van der Waals surface area contributed by atoms with E-state index in [4.69, 9.17) is 10.5 Å². The molecule has 1 heterocycles. The number of carbonyl (C=O) groups excluding carboxylic acids is 1. The van der Waals surface area contributed by atoms with Crippen LogP contribution in [0, 0.1) is 5.92 Å². The fourth-order valence-electron chi connectivity index (χ4n) is 3.02. The number of ether oxygens (including phenoxy) is 1. The van der Waals surface area contributed by atoms with E-state index in [1.807, 2.05) is 20.8 Å². The Balaban J connectivity index is 2.49. The number of anilines is 2. The second kappa shape index (κ2) is 10.5. The molecule has 0 fully saturated rings. The van der Waals surface area contributed by atoms with E-state index >= 15 is 0 Å². The smallest absolute Gasteiger partial charge is 0.330 e. The van der Waals surface area contributed by atoms with Crippen LogP contribution in [0.15, 0.2) is 46.5 Å². The molecule has 0 saturated heterocycles. The number of benzene rings is 1. The molecule has 30 heavy (non-hydrogen) atoms. The third-order valence-electron chi connectivity index (χ3n) is 4.48. The highest BCUT2D eigenvalue weighted by Gasteiger charge is 2.25. The van der Waals surface area contributed by atoms with Gasteiger partial charge in [0.05, 0.1) is 0 Å². The summed E-state index contributed by atoms with van der Waals surface area (Å²) in [6.07, 6.45) is 3.13. The van der Waals surface area contributed by atoms with Crippen LogP contribution in [0.25, 0.3) is 0 Å². The van der Waals surface area contributed by atoms with Gasteiger partial charge in [0.15, 0.2) is 5.69 Å². The maximum absolute atomic E-state index is 13.3. The number of rotatable bonds is 10. The molecular formula is C22H30N4O4. The monoisotopic (exact) mass is 414 g/mol. The van der Waals surface area contributed by atoms with E-state index < -0.39 is 11.2 Å². The Kier molecular flexibility index (Phi) is 8.03. The molecule has 0 aliphatic carbocycles. The van der Waals surface area contributed by atoms with Gasteiger partial charge in [-0.15, -0.1) is 0 Å². The van der Waals surface area contributed by atoms with Crippen LogP contribution in [-0.2, 0) is 6.54 Å². The number of aromatic amines is 1. The highest BCUT2D eigenvalue weighted by molar-refractivity contribution is 6.07. The average molecular weight is 415 g/mol. The van der Waals surface area contributed by atoms with E-state index in [9.17, 15) is 14.4 Å². The number of nitrogens with two attached hydrogens (primary N) is 1. The number of nitrogen functional groups attached to an aromatic ring is 1. The van der Waals surface area contributed by atoms with Crippen molar-refractivity contribution in [1.82, 2.24) is 9.55 Å². The molecule has 0 bridgehead atoms. The number of amides is 1. The lowest BCUT2D eigenvalue weighted by Gasteiger charge is -2.25. The zero-order valence-corrected chi connectivity index (χ0v) is 17.8. The van der Waals surface area contributed by atoms with E-state index in [1.165, 1.54) is 9.47 Å². The lowest BCUT2D eigenvalue weighted by atomic mass is 10.1. The Morgan fingerprint density at radius 2 is 1.97 bits per heavy atom. The molecule has 0 radical (unpaired) electrons. The van der Waals surface area contributed by atoms with Gasteiger partial charge in [-0.3, -0.25) is 19.1 Å². The first-order valence-electron chi connectivity index (χ1n) is 10.1. The summed E-state index contributed by atoms with van der Waals surface area (Å²) in [5, 5.41) is 0. The summed E-state index contributed by atoms with van der Waals surface area (Å²) in [4.78, 5) is 41.8. The quantitative estimate of drug-likeness (QED) is 0.581. The third-order valence-corrected chi connectivity index (χ3v) is 4.48. The second-order valence-electron chi connectivity index (χ2n) is 7.43. The summed E-state index contributed by atoms with van der Waals surface area (Å²) in [7, 11) is 0. The summed E-state index contributed by atoms with van der Waals surface area (Å²) in [6.45, 7) is 10.5. The van der Waals surface area contributed by atoms with Crippen LogP contribution in [0.5, 0.6) is 5.75 Å². The van der Waals surface area contributed by atoms with E-state index in [0.717, 1.165) is 6.42 Å². The van der Waals surface area contributed by atoms with Gasteiger partial charge in [0, 0.05) is 18.7 Å². The number of carbonyl (C=O) groups is 1. The second-order valence-corrected chi connectivity index (χ2v) is 7.43. The lowest BCUT2D eigenvalue weighted by molar-refractivity contribution is 0.0986. The Morgan fingerprint density at radius 1 is 1.30 bits per heavy atom. The SMILES string of the molecule is C=CCOc1ccc(C(=O)N(CCCC)c2c(N)n(CC(C)C)c(=O)[nH]c2=O)cc1. The fourth-order valence-corrected chi connectivity index (χ4v) is 3.02. The first kappa shape index (κ1) is 23.0. The highest BCUT2D eigenvalue weighted by atomic mass is 16.5. The average Bonchev–Trinajstić information content (AvgIpc) is 2.71. The Labute approximate surface area is 176 Å². The van der Waals surface area contributed by atoms with Crippen LogP contribution in [0.3, 0.4) is 0 Å². The molecule has 0 saturated carbocycles. The van der Waals surface area contributed by atoms with Crippen molar-refractivity contribution < 1.29 is 9.53 Å². The summed E-state index contributed by atoms with van der Waals surface area (Å²) < 4.78 is 6.75. The van der Waals surface area contributed by atoms with Crippen LogP contribution in [0.2, 0.25) is 0 Å². The predicted molar refractivity (Wildman–Crippen MR) is 119 cm³/mol. The van der Waals surface area contributed by atoms with E-state index in [0.29, 0.717) is 37.4 Å². The van der Waals surface area contributed by atoms with E-state index in [-0.39, 0.29) is 23.3 Å². The first-order valence-corrected chi connectivity index (χ1v) is 10.1. The van der Waals surface area contributed by atoms with Crippen molar-refractivity contribution in [3.63, 3.8) is 0 Å². The van der Waals surface area contributed by atoms with Crippen molar-refractivity contribution in [2.45, 2.75) is 40.2 Å².